The summed E-state index contributed by atoms with van der Waals surface area (Å²) in [5, 5.41) is 0. The van der Waals surface area contributed by atoms with Gasteiger partial charge in [0.25, 0.3) is 5.91 Å². The molecule has 5 nitrogen and oxygen atoms in total. The lowest BCUT2D eigenvalue weighted by Gasteiger charge is -2.39. The molecule has 4 rings (SSSR count). The fourth-order valence-corrected chi connectivity index (χ4v) is 4.72. The molecule has 3 aliphatic rings. The summed E-state index contributed by atoms with van der Waals surface area (Å²) in [5.74, 6) is 1.19. The molecule has 1 atom stereocenters. The smallest absolute Gasteiger partial charge is 0.253 e. The molecule has 28 heavy (non-hydrogen) atoms. The number of piperidine rings is 1. The Morgan fingerprint density at radius 1 is 0.893 bits per heavy atom. The van der Waals surface area contributed by atoms with E-state index in [-0.39, 0.29) is 17.7 Å². The molecule has 1 aromatic rings. The van der Waals surface area contributed by atoms with E-state index in [1.807, 2.05) is 35.8 Å². The first-order valence-electron chi connectivity index (χ1n) is 10.9. The topological polar surface area (TPSA) is 43.9 Å². The molecule has 1 unspecified atom stereocenters. The largest absolute Gasteiger partial charge is 0.340 e. The van der Waals surface area contributed by atoms with Gasteiger partial charge in [-0.2, -0.15) is 0 Å². The number of rotatable bonds is 4. The van der Waals surface area contributed by atoms with Crippen molar-refractivity contribution in [2.45, 2.75) is 39.5 Å². The fourth-order valence-electron chi connectivity index (χ4n) is 4.72. The number of piperazine rings is 1. The summed E-state index contributed by atoms with van der Waals surface area (Å²) in [4.78, 5) is 32.5. The van der Waals surface area contributed by atoms with E-state index < -0.39 is 0 Å². The molecule has 1 saturated carbocycles. The zero-order valence-corrected chi connectivity index (χ0v) is 17.3. The van der Waals surface area contributed by atoms with E-state index >= 15 is 0 Å². The summed E-state index contributed by atoms with van der Waals surface area (Å²) >= 11 is 0. The fraction of sp³-hybridized carbons (Fsp3) is 0.652. The molecule has 0 spiro atoms. The summed E-state index contributed by atoms with van der Waals surface area (Å²) in [6, 6.07) is 6.00. The predicted octanol–water partition coefficient (Wildman–Crippen LogP) is 2.71. The number of benzene rings is 1. The minimum atomic E-state index is -0.0430. The summed E-state index contributed by atoms with van der Waals surface area (Å²) < 4.78 is 0. The molecular weight excluding hydrogens is 350 g/mol. The maximum absolute atomic E-state index is 13.1. The van der Waals surface area contributed by atoms with Crippen molar-refractivity contribution in [1.82, 2.24) is 14.7 Å². The van der Waals surface area contributed by atoms with E-state index in [0.29, 0.717) is 6.54 Å². The van der Waals surface area contributed by atoms with Gasteiger partial charge in [0.2, 0.25) is 5.91 Å². The van der Waals surface area contributed by atoms with Gasteiger partial charge < -0.3 is 9.80 Å². The molecule has 2 saturated heterocycles. The minimum absolute atomic E-state index is 0.0430. The number of aryl methyl sites for hydroxylation is 2. The number of amides is 2. The van der Waals surface area contributed by atoms with Crippen LogP contribution < -0.4 is 0 Å². The van der Waals surface area contributed by atoms with E-state index in [9.17, 15) is 9.59 Å². The molecule has 0 bridgehead atoms. The van der Waals surface area contributed by atoms with E-state index in [1.54, 1.807) is 0 Å². The van der Waals surface area contributed by atoms with Crippen LogP contribution in [-0.4, -0.2) is 72.3 Å². The summed E-state index contributed by atoms with van der Waals surface area (Å²) in [6.45, 7) is 10.3. The standard InChI is InChI=1S/C23H33N3O2/c1-17-12-18(2)14-21(13-17)23(28)26-7-3-4-20(16-26)22(27)25-10-8-24(9-11-25)15-19-5-6-19/h12-14,19-20H,3-11,15-16H2,1-2H3. The molecule has 0 N–H and O–H groups in total. The van der Waals surface area contributed by atoms with Gasteiger partial charge in [-0.3, -0.25) is 14.5 Å². The second-order valence-corrected chi connectivity index (χ2v) is 9.04. The normalized spacial score (nSPS) is 23.7. The van der Waals surface area contributed by atoms with Crippen molar-refractivity contribution < 1.29 is 9.59 Å². The van der Waals surface area contributed by atoms with Gasteiger partial charge in [0.05, 0.1) is 5.92 Å². The average Bonchev–Trinajstić information content (AvgIpc) is 3.51. The van der Waals surface area contributed by atoms with Crippen LogP contribution in [0.15, 0.2) is 18.2 Å². The number of likely N-dealkylation sites (tertiary alicyclic amines) is 1. The Morgan fingerprint density at radius 2 is 1.57 bits per heavy atom. The summed E-state index contributed by atoms with van der Waals surface area (Å²) in [5.41, 5.74) is 2.97. The Balaban J connectivity index is 1.34. The summed E-state index contributed by atoms with van der Waals surface area (Å²) in [6.07, 6.45) is 4.57. The van der Waals surface area contributed by atoms with Crippen LogP contribution in [0.4, 0.5) is 0 Å². The first-order chi connectivity index (χ1) is 13.5. The third-order valence-corrected chi connectivity index (χ3v) is 6.42. The SMILES string of the molecule is Cc1cc(C)cc(C(=O)N2CCCC(C(=O)N3CCN(CC4CC4)CC3)C2)c1. The minimum Gasteiger partial charge on any atom is -0.340 e. The number of hydrogen-bond acceptors (Lipinski definition) is 3. The van der Waals surface area contributed by atoms with E-state index in [0.717, 1.165) is 68.2 Å². The lowest BCUT2D eigenvalue weighted by molar-refractivity contribution is -0.138. The second kappa shape index (κ2) is 8.24. The molecule has 152 valence electrons. The molecule has 2 amide bonds. The van der Waals surface area contributed by atoms with Crippen LogP contribution in [0.5, 0.6) is 0 Å². The van der Waals surface area contributed by atoms with Crippen LogP contribution in [0.1, 0.15) is 47.2 Å². The zero-order valence-electron chi connectivity index (χ0n) is 17.3. The van der Waals surface area contributed by atoms with Crippen molar-refractivity contribution in [1.29, 1.82) is 0 Å². The Bertz CT molecular complexity index is 715. The van der Waals surface area contributed by atoms with Crippen LogP contribution in [0, 0.1) is 25.7 Å². The molecule has 1 aliphatic carbocycles. The molecule has 3 fully saturated rings. The lowest BCUT2D eigenvalue weighted by Crippen LogP contribution is -2.53. The van der Waals surface area contributed by atoms with E-state index in [1.165, 1.54) is 19.4 Å². The molecule has 0 aromatic heterocycles. The van der Waals surface area contributed by atoms with E-state index in [2.05, 4.69) is 11.0 Å². The third kappa shape index (κ3) is 4.57. The quantitative estimate of drug-likeness (QED) is 0.803. The number of carbonyl (C=O) groups excluding carboxylic acids is 2. The van der Waals surface area contributed by atoms with E-state index in [4.69, 9.17) is 0 Å². The van der Waals surface area contributed by atoms with Crippen LogP contribution in [-0.2, 0) is 4.79 Å². The van der Waals surface area contributed by atoms with Crippen LogP contribution in [0.25, 0.3) is 0 Å². The highest BCUT2D eigenvalue weighted by molar-refractivity contribution is 5.95. The van der Waals surface area contributed by atoms with Gasteiger partial charge in [-0.15, -0.1) is 0 Å². The highest BCUT2D eigenvalue weighted by Crippen LogP contribution is 2.30. The van der Waals surface area contributed by atoms with Crippen LogP contribution in [0.2, 0.25) is 0 Å². The van der Waals surface area contributed by atoms with Crippen LogP contribution >= 0.6 is 0 Å². The van der Waals surface area contributed by atoms with Crippen molar-refractivity contribution in [3.63, 3.8) is 0 Å². The first-order valence-corrected chi connectivity index (χ1v) is 10.9. The Labute approximate surface area is 168 Å². The maximum atomic E-state index is 13.1. The highest BCUT2D eigenvalue weighted by Gasteiger charge is 2.33. The predicted molar refractivity (Wildman–Crippen MR) is 110 cm³/mol. The van der Waals surface area contributed by atoms with Gasteiger partial charge in [0.1, 0.15) is 0 Å². The van der Waals surface area contributed by atoms with Gasteiger partial charge in [-0.25, -0.2) is 0 Å². The van der Waals surface area contributed by atoms with Gasteiger partial charge in [0, 0.05) is 51.4 Å². The molecule has 2 aliphatic heterocycles. The van der Waals surface area contributed by atoms with Gasteiger partial charge in [0.15, 0.2) is 0 Å². The Morgan fingerprint density at radius 3 is 2.21 bits per heavy atom. The Hall–Kier alpha value is -1.88. The van der Waals surface area contributed by atoms with Crippen molar-refractivity contribution in [2.24, 2.45) is 11.8 Å². The molecule has 5 heteroatoms. The van der Waals surface area contributed by atoms with Crippen LogP contribution in [0.3, 0.4) is 0 Å². The zero-order chi connectivity index (χ0) is 19.7. The highest BCUT2D eigenvalue weighted by atomic mass is 16.2. The van der Waals surface area contributed by atoms with Crippen molar-refractivity contribution >= 4 is 11.8 Å². The average molecular weight is 384 g/mol. The lowest BCUT2D eigenvalue weighted by atomic mass is 9.95. The first kappa shape index (κ1) is 19.4. The molecule has 0 radical (unpaired) electrons. The number of carbonyl (C=O) groups is 2. The van der Waals surface area contributed by atoms with Crippen molar-refractivity contribution in [3.8, 4) is 0 Å². The van der Waals surface area contributed by atoms with Crippen molar-refractivity contribution in [2.75, 3.05) is 45.8 Å². The molecule has 2 heterocycles. The van der Waals surface area contributed by atoms with Gasteiger partial charge in [-0.05, 0) is 57.6 Å². The second-order valence-electron chi connectivity index (χ2n) is 9.04. The number of hydrogen-bond donors (Lipinski definition) is 0. The monoisotopic (exact) mass is 383 g/mol. The molecular formula is C23H33N3O2. The Kier molecular flexibility index (Phi) is 5.72. The van der Waals surface area contributed by atoms with Gasteiger partial charge in [-0.1, -0.05) is 17.2 Å². The van der Waals surface area contributed by atoms with Gasteiger partial charge >= 0.3 is 0 Å². The third-order valence-electron chi connectivity index (χ3n) is 6.42. The summed E-state index contributed by atoms with van der Waals surface area (Å²) in [7, 11) is 0. The van der Waals surface area contributed by atoms with Crippen molar-refractivity contribution in [3.05, 3.63) is 34.9 Å². The molecule has 1 aromatic carbocycles. The maximum Gasteiger partial charge on any atom is 0.253 e. The number of nitrogens with zero attached hydrogens (tertiary/aromatic N) is 3.